The van der Waals surface area contributed by atoms with E-state index in [2.05, 4.69) is 26.2 Å². The van der Waals surface area contributed by atoms with E-state index in [9.17, 15) is 30.0 Å². The number of aliphatic hydroxyl groups excluding tert-OH is 1. The van der Waals surface area contributed by atoms with Gasteiger partial charge in [-0.2, -0.15) is 9.97 Å². The summed E-state index contributed by atoms with van der Waals surface area (Å²) in [6.07, 6.45) is 1.59. The van der Waals surface area contributed by atoms with Gasteiger partial charge in [-0.05, 0) is 22.7 Å². The summed E-state index contributed by atoms with van der Waals surface area (Å²) in [5, 5.41) is 45.2. The predicted molar refractivity (Wildman–Crippen MR) is 152 cm³/mol. The Labute approximate surface area is 249 Å². The van der Waals surface area contributed by atoms with Gasteiger partial charge in [0, 0.05) is 13.0 Å². The van der Waals surface area contributed by atoms with Crippen molar-refractivity contribution >= 4 is 40.5 Å². The highest BCUT2D eigenvalue weighted by Gasteiger charge is 2.58. The van der Waals surface area contributed by atoms with Crippen LogP contribution in [0.15, 0.2) is 67.0 Å². The third-order valence-electron chi connectivity index (χ3n) is 7.19. The summed E-state index contributed by atoms with van der Waals surface area (Å²) in [6.45, 7) is -0.404. The van der Waals surface area contributed by atoms with E-state index in [0.717, 1.165) is 5.56 Å². The van der Waals surface area contributed by atoms with E-state index in [0.29, 0.717) is 17.9 Å². The molecule has 0 saturated carbocycles. The molecule has 4 atom stereocenters. The van der Waals surface area contributed by atoms with Gasteiger partial charge >= 0.3 is 11.9 Å². The maximum Gasteiger partial charge on any atom is 0.348 e. The van der Waals surface area contributed by atoms with Gasteiger partial charge in [-0.3, -0.25) is 4.57 Å². The van der Waals surface area contributed by atoms with Gasteiger partial charge in [0.15, 0.2) is 28.8 Å². The summed E-state index contributed by atoms with van der Waals surface area (Å²) in [7, 11) is 0. The topological polar surface area (TPSA) is 189 Å². The predicted octanol–water partition coefficient (Wildman–Crippen LogP) is 1.88. The molecule has 0 amide bonds. The second-order valence-corrected chi connectivity index (χ2v) is 10.2. The Balaban J connectivity index is 1.42. The highest BCUT2D eigenvalue weighted by atomic mass is 35.5. The van der Waals surface area contributed by atoms with Crippen molar-refractivity contribution in [3.63, 3.8) is 0 Å². The average molecular weight is 608 g/mol. The van der Waals surface area contributed by atoms with E-state index >= 15 is 0 Å². The molecule has 1 aliphatic rings. The molecule has 222 valence electrons. The van der Waals surface area contributed by atoms with Crippen LogP contribution in [0.1, 0.15) is 17.4 Å². The van der Waals surface area contributed by atoms with Crippen molar-refractivity contribution in [1.82, 2.24) is 19.5 Å². The molecule has 1 aliphatic heterocycles. The fraction of sp³-hybridized carbons (Fsp3) is 0.276. The van der Waals surface area contributed by atoms with Crippen LogP contribution in [-0.2, 0) is 32.0 Å². The Hall–Kier alpha value is -4.58. The number of halogens is 1. The molecule has 0 radical (unpaired) electrons. The molecule has 43 heavy (non-hydrogen) atoms. The van der Waals surface area contributed by atoms with Crippen LogP contribution in [0.4, 0.5) is 5.82 Å². The molecule has 14 heteroatoms. The summed E-state index contributed by atoms with van der Waals surface area (Å²) in [4.78, 5) is 37.2. The summed E-state index contributed by atoms with van der Waals surface area (Å²) >= 11 is 6.20. The first-order chi connectivity index (χ1) is 20.6. The number of hydrogen-bond acceptors (Lipinski definition) is 10. The summed E-state index contributed by atoms with van der Waals surface area (Å²) in [5.41, 5.74) is -3.41. The number of nitrogens with zero attached hydrogens (tertiary/aromatic N) is 4. The van der Waals surface area contributed by atoms with E-state index in [-0.39, 0.29) is 16.4 Å². The van der Waals surface area contributed by atoms with Gasteiger partial charge in [0.05, 0.1) is 12.9 Å². The lowest BCUT2D eigenvalue weighted by Gasteiger charge is -2.30. The zero-order valence-corrected chi connectivity index (χ0v) is 23.1. The molecule has 5 rings (SSSR count). The fourth-order valence-electron chi connectivity index (χ4n) is 4.82. The molecule has 0 bridgehead atoms. The lowest BCUT2D eigenvalue weighted by atomic mass is 9.92. The molecule has 2 aromatic carbocycles. The van der Waals surface area contributed by atoms with Crippen molar-refractivity contribution in [1.29, 1.82) is 0 Å². The number of carboxylic acid groups (broad SMARTS) is 2. The van der Waals surface area contributed by atoms with E-state index in [1.54, 1.807) is 30.3 Å². The number of ether oxygens (including phenoxy) is 2. The van der Waals surface area contributed by atoms with Crippen LogP contribution in [0.2, 0.25) is 5.28 Å². The van der Waals surface area contributed by atoms with Crippen molar-refractivity contribution in [3.8, 4) is 12.3 Å². The molecular weight excluding hydrogens is 582 g/mol. The van der Waals surface area contributed by atoms with E-state index in [1.807, 2.05) is 30.3 Å². The average Bonchev–Trinajstić information content (AvgIpc) is 3.53. The van der Waals surface area contributed by atoms with Crippen molar-refractivity contribution in [2.24, 2.45) is 0 Å². The maximum absolute atomic E-state index is 12.2. The summed E-state index contributed by atoms with van der Waals surface area (Å²) in [5.74, 6) is -1.16. The Morgan fingerprint density at radius 1 is 1.09 bits per heavy atom. The minimum atomic E-state index is -2.75. The molecule has 3 heterocycles. The van der Waals surface area contributed by atoms with Crippen LogP contribution in [0, 0.1) is 12.3 Å². The zero-order valence-electron chi connectivity index (χ0n) is 22.4. The number of nitrogens with one attached hydrogen (secondary N) is 1. The van der Waals surface area contributed by atoms with E-state index in [1.165, 1.54) is 10.9 Å². The van der Waals surface area contributed by atoms with Crippen molar-refractivity contribution in [2.75, 3.05) is 11.9 Å². The Bertz CT molecular complexity index is 1660. The van der Waals surface area contributed by atoms with Crippen molar-refractivity contribution in [2.45, 2.75) is 42.6 Å². The van der Waals surface area contributed by atoms with Crippen LogP contribution in [-0.4, -0.2) is 81.9 Å². The number of aliphatic carboxylic acids is 2. The van der Waals surface area contributed by atoms with Crippen LogP contribution < -0.4 is 5.32 Å². The largest absolute Gasteiger partial charge is 0.479 e. The second-order valence-electron chi connectivity index (χ2n) is 9.84. The molecule has 2 aromatic heterocycles. The van der Waals surface area contributed by atoms with E-state index in [4.69, 9.17) is 27.5 Å². The number of aromatic nitrogens is 4. The molecule has 13 nitrogen and oxygen atoms in total. The number of carbonyl (C=O) groups is 2. The quantitative estimate of drug-likeness (QED) is 0.0947. The smallest absolute Gasteiger partial charge is 0.348 e. The number of benzene rings is 2. The fourth-order valence-corrected chi connectivity index (χ4v) is 4.98. The number of anilines is 1. The SMILES string of the molecule is C#C[C@@]1(O)[C@@H](COC(Cc2ccccc2)(C(=O)O)C(=O)O)O[C@@H](n2cnc3c(NCc4ccccc4)nc(Cl)nc32)[C@@H]1O. The molecule has 0 unspecified atom stereocenters. The molecule has 4 aromatic rings. The van der Waals surface area contributed by atoms with Gasteiger partial charge in [0.1, 0.15) is 12.2 Å². The van der Waals surface area contributed by atoms with Crippen LogP contribution >= 0.6 is 11.6 Å². The number of terminal acetylenes is 1. The van der Waals surface area contributed by atoms with Gasteiger partial charge in [0.25, 0.3) is 5.60 Å². The Morgan fingerprint density at radius 2 is 1.72 bits per heavy atom. The van der Waals surface area contributed by atoms with Crippen molar-refractivity contribution < 1.29 is 39.5 Å². The molecule has 0 spiro atoms. The van der Waals surface area contributed by atoms with Gasteiger partial charge in [-0.25, -0.2) is 14.6 Å². The molecular formula is C29H26ClN5O8. The first-order valence-electron chi connectivity index (χ1n) is 12.9. The maximum atomic E-state index is 12.2. The number of aliphatic hydroxyl groups is 2. The third kappa shape index (κ3) is 5.62. The van der Waals surface area contributed by atoms with E-state index < -0.39 is 54.6 Å². The lowest BCUT2D eigenvalue weighted by molar-refractivity contribution is -0.191. The first-order valence-corrected chi connectivity index (χ1v) is 13.3. The first kappa shape index (κ1) is 29.9. The second kappa shape index (κ2) is 12.0. The summed E-state index contributed by atoms with van der Waals surface area (Å²) < 4.78 is 12.7. The van der Waals surface area contributed by atoms with Crippen LogP contribution in [0.25, 0.3) is 11.2 Å². The molecule has 1 saturated heterocycles. The summed E-state index contributed by atoms with van der Waals surface area (Å²) in [6, 6.07) is 17.5. The van der Waals surface area contributed by atoms with Gasteiger partial charge < -0.3 is 35.2 Å². The minimum absolute atomic E-state index is 0.134. The zero-order chi connectivity index (χ0) is 30.8. The standard InChI is InChI=1S/C29H26ClN5O8/c1-2-28(41)19(15-42-29(25(37)38,26(39)40)13-17-9-5-3-6-10-17)43-24(21(28)36)35-16-32-20-22(33-27(30)34-23(20)35)31-14-18-11-7-4-8-12-18/h1,3-12,16,19,21,24,36,41H,13-15H2,(H,37,38)(H,39,40)(H,31,33,34)/t19-,21+,24-,28-/m1/s1. The molecule has 1 fully saturated rings. The minimum Gasteiger partial charge on any atom is -0.479 e. The number of carboxylic acids is 2. The number of fused-ring (bicyclic) bond motifs is 1. The monoisotopic (exact) mass is 607 g/mol. The number of rotatable bonds is 11. The van der Waals surface area contributed by atoms with Crippen LogP contribution in [0.5, 0.6) is 0 Å². The number of hydrogen-bond donors (Lipinski definition) is 5. The van der Waals surface area contributed by atoms with Crippen molar-refractivity contribution in [3.05, 3.63) is 83.4 Å². The Morgan fingerprint density at radius 3 is 2.33 bits per heavy atom. The van der Waals surface area contributed by atoms with Gasteiger partial charge in [-0.1, -0.05) is 66.6 Å². The van der Waals surface area contributed by atoms with Crippen LogP contribution in [0.3, 0.4) is 0 Å². The highest BCUT2D eigenvalue weighted by molar-refractivity contribution is 6.28. The normalized spacial score (nSPS) is 21.9. The van der Waals surface area contributed by atoms with Gasteiger partial charge in [-0.15, -0.1) is 6.42 Å². The lowest BCUT2D eigenvalue weighted by Crippen LogP contribution is -2.55. The molecule has 5 N–H and O–H groups in total. The number of imidazole rings is 1. The van der Waals surface area contributed by atoms with Gasteiger partial charge in [0.2, 0.25) is 5.28 Å². The molecule has 0 aliphatic carbocycles. The highest BCUT2D eigenvalue weighted by Crippen LogP contribution is 2.39. The Kier molecular flexibility index (Phi) is 8.32. The third-order valence-corrected chi connectivity index (χ3v) is 7.35.